The van der Waals surface area contributed by atoms with E-state index in [4.69, 9.17) is 0 Å². The molecular formula is C6H11NS. The Balaban J connectivity index is 2.03. The molecule has 2 aliphatic heterocycles. The van der Waals surface area contributed by atoms with Gasteiger partial charge in [-0.05, 0) is 18.8 Å². The summed E-state index contributed by atoms with van der Waals surface area (Å²) < 4.78 is 2.51. The SMILES string of the molecule is C1CC2CCN(C2)S1. The van der Waals surface area contributed by atoms with Gasteiger partial charge in [-0.15, -0.1) is 0 Å². The Hall–Kier alpha value is 0.310. The van der Waals surface area contributed by atoms with Crippen molar-refractivity contribution in [1.29, 1.82) is 0 Å². The second-order valence-corrected chi connectivity index (χ2v) is 3.85. The Morgan fingerprint density at radius 3 is 3.12 bits per heavy atom. The highest BCUT2D eigenvalue weighted by molar-refractivity contribution is 7.97. The molecular weight excluding hydrogens is 118 g/mol. The van der Waals surface area contributed by atoms with Crippen molar-refractivity contribution in [2.75, 3.05) is 18.8 Å². The van der Waals surface area contributed by atoms with Gasteiger partial charge in [-0.2, -0.15) is 0 Å². The number of hydrogen-bond acceptors (Lipinski definition) is 2. The smallest absolute Gasteiger partial charge is 0.0118 e. The predicted octanol–water partition coefficient (Wildman–Crippen LogP) is 1.36. The van der Waals surface area contributed by atoms with E-state index in [2.05, 4.69) is 4.31 Å². The van der Waals surface area contributed by atoms with E-state index in [0.29, 0.717) is 0 Å². The molecule has 0 radical (unpaired) electrons. The number of hydrogen-bond donors (Lipinski definition) is 0. The van der Waals surface area contributed by atoms with Gasteiger partial charge in [-0.25, -0.2) is 0 Å². The minimum absolute atomic E-state index is 1.07. The van der Waals surface area contributed by atoms with Crippen molar-refractivity contribution in [2.24, 2.45) is 5.92 Å². The van der Waals surface area contributed by atoms with Crippen LogP contribution in [0.2, 0.25) is 0 Å². The maximum Gasteiger partial charge on any atom is 0.0118 e. The van der Waals surface area contributed by atoms with Crippen molar-refractivity contribution in [3.8, 4) is 0 Å². The van der Waals surface area contributed by atoms with Crippen molar-refractivity contribution in [3.63, 3.8) is 0 Å². The summed E-state index contributed by atoms with van der Waals surface area (Å²) in [6.07, 6.45) is 2.94. The molecule has 0 aromatic carbocycles. The van der Waals surface area contributed by atoms with Crippen molar-refractivity contribution >= 4 is 11.9 Å². The number of rotatable bonds is 0. The molecule has 2 atom stereocenters. The van der Waals surface area contributed by atoms with Gasteiger partial charge in [0.05, 0.1) is 0 Å². The van der Waals surface area contributed by atoms with E-state index in [0.717, 1.165) is 5.92 Å². The summed E-state index contributed by atoms with van der Waals surface area (Å²) in [4.78, 5) is 0. The Morgan fingerprint density at radius 2 is 2.38 bits per heavy atom. The monoisotopic (exact) mass is 129 g/mol. The molecule has 2 fully saturated rings. The molecule has 0 N–H and O–H groups in total. The topological polar surface area (TPSA) is 3.24 Å². The zero-order valence-electron chi connectivity index (χ0n) is 4.97. The first-order valence-corrected chi connectivity index (χ1v) is 4.27. The molecule has 2 unspecified atom stereocenters. The molecule has 0 aromatic heterocycles. The van der Waals surface area contributed by atoms with E-state index in [1.165, 1.54) is 31.7 Å². The fourth-order valence-corrected chi connectivity index (χ4v) is 2.75. The van der Waals surface area contributed by atoms with Crippen LogP contribution in [0.5, 0.6) is 0 Å². The Kier molecular flexibility index (Phi) is 1.23. The molecule has 2 bridgehead atoms. The van der Waals surface area contributed by atoms with Crippen LogP contribution in [0.1, 0.15) is 12.8 Å². The van der Waals surface area contributed by atoms with Gasteiger partial charge in [-0.3, -0.25) is 4.31 Å². The minimum Gasteiger partial charge on any atom is -0.250 e. The summed E-state index contributed by atoms with van der Waals surface area (Å²) in [5, 5.41) is 0. The third-order valence-corrected chi connectivity index (χ3v) is 3.16. The van der Waals surface area contributed by atoms with E-state index < -0.39 is 0 Å². The Labute approximate surface area is 54.6 Å². The lowest BCUT2D eigenvalue weighted by molar-refractivity contribution is 0.490. The maximum absolute atomic E-state index is 2.51. The molecule has 2 saturated heterocycles. The van der Waals surface area contributed by atoms with E-state index >= 15 is 0 Å². The molecule has 2 aliphatic rings. The Morgan fingerprint density at radius 1 is 1.38 bits per heavy atom. The van der Waals surface area contributed by atoms with Crippen LogP contribution >= 0.6 is 11.9 Å². The van der Waals surface area contributed by atoms with Crippen LogP contribution in [0.25, 0.3) is 0 Å². The molecule has 2 heterocycles. The van der Waals surface area contributed by atoms with Crippen LogP contribution in [0.4, 0.5) is 0 Å². The van der Waals surface area contributed by atoms with Gasteiger partial charge in [-0.1, -0.05) is 11.9 Å². The van der Waals surface area contributed by atoms with Crippen LogP contribution in [0.3, 0.4) is 0 Å². The molecule has 2 rings (SSSR count). The van der Waals surface area contributed by atoms with E-state index in [1.807, 2.05) is 11.9 Å². The van der Waals surface area contributed by atoms with Crippen LogP contribution in [0, 0.1) is 5.92 Å². The van der Waals surface area contributed by atoms with E-state index in [9.17, 15) is 0 Å². The standard InChI is InChI=1S/C6H11NS/c1-3-7-5-6(1)2-4-8-7/h6H,1-5H2. The van der Waals surface area contributed by atoms with Crippen molar-refractivity contribution in [2.45, 2.75) is 12.8 Å². The Bertz CT molecular complexity index is 80.5. The third-order valence-electron chi connectivity index (χ3n) is 2.05. The van der Waals surface area contributed by atoms with Crippen molar-refractivity contribution in [1.82, 2.24) is 4.31 Å². The first-order valence-electron chi connectivity index (χ1n) is 3.33. The predicted molar refractivity (Wildman–Crippen MR) is 36.8 cm³/mol. The highest BCUT2D eigenvalue weighted by atomic mass is 32.2. The third kappa shape index (κ3) is 0.759. The van der Waals surface area contributed by atoms with Gasteiger partial charge in [0.25, 0.3) is 0 Å². The molecule has 0 saturated carbocycles. The van der Waals surface area contributed by atoms with Gasteiger partial charge in [0.1, 0.15) is 0 Å². The minimum atomic E-state index is 1.07. The molecule has 2 heteroatoms. The molecule has 0 spiro atoms. The summed E-state index contributed by atoms with van der Waals surface area (Å²) in [7, 11) is 0. The van der Waals surface area contributed by atoms with Gasteiger partial charge >= 0.3 is 0 Å². The quantitative estimate of drug-likeness (QED) is 0.454. The summed E-state index contributed by atoms with van der Waals surface area (Å²) in [5.41, 5.74) is 0. The maximum atomic E-state index is 2.51. The fourth-order valence-electron chi connectivity index (χ4n) is 1.50. The molecule has 46 valence electrons. The van der Waals surface area contributed by atoms with Gasteiger partial charge in [0, 0.05) is 18.8 Å². The highest BCUT2D eigenvalue weighted by Gasteiger charge is 2.26. The lowest BCUT2D eigenvalue weighted by Gasteiger charge is -2.19. The highest BCUT2D eigenvalue weighted by Crippen LogP contribution is 2.32. The van der Waals surface area contributed by atoms with E-state index in [-0.39, 0.29) is 0 Å². The van der Waals surface area contributed by atoms with Gasteiger partial charge in [0.15, 0.2) is 0 Å². The molecule has 0 aromatic rings. The first kappa shape index (κ1) is 5.12. The molecule has 0 amide bonds. The summed E-state index contributed by atoms with van der Waals surface area (Å²) in [6.45, 7) is 2.74. The van der Waals surface area contributed by atoms with Crippen LogP contribution in [0.15, 0.2) is 0 Å². The zero-order chi connectivity index (χ0) is 5.40. The first-order chi connectivity index (χ1) is 3.95. The molecule has 0 aliphatic carbocycles. The number of nitrogens with zero attached hydrogens (tertiary/aromatic N) is 1. The summed E-state index contributed by atoms with van der Waals surface area (Å²) in [5.74, 6) is 2.45. The van der Waals surface area contributed by atoms with Crippen molar-refractivity contribution in [3.05, 3.63) is 0 Å². The fraction of sp³-hybridized carbons (Fsp3) is 1.00. The largest absolute Gasteiger partial charge is 0.250 e. The molecule has 1 nitrogen and oxygen atoms in total. The second-order valence-electron chi connectivity index (χ2n) is 2.66. The van der Waals surface area contributed by atoms with Crippen LogP contribution in [-0.4, -0.2) is 23.1 Å². The van der Waals surface area contributed by atoms with Crippen LogP contribution < -0.4 is 0 Å². The lowest BCUT2D eigenvalue weighted by Crippen LogP contribution is -2.17. The lowest BCUT2D eigenvalue weighted by atomic mass is 10.1. The summed E-state index contributed by atoms with van der Waals surface area (Å²) >= 11 is 2.04. The number of fused-ring (bicyclic) bond motifs is 2. The zero-order valence-corrected chi connectivity index (χ0v) is 5.78. The normalized spacial score (nSPS) is 45.0. The van der Waals surface area contributed by atoms with Crippen LogP contribution in [-0.2, 0) is 0 Å². The van der Waals surface area contributed by atoms with Gasteiger partial charge < -0.3 is 0 Å². The molecule has 8 heavy (non-hydrogen) atoms. The van der Waals surface area contributed by atoms with Gasteiger partial charge in [0.2, 0.25) is 0 Å². The van der Waals surface area contributed by atoms with E-state index in [1.54, 1.807) is 0 Å². The average molecular weight is 129 g/mol. The average Bonchev–Trinajstić information content (AvgIpc) is 2.12. The van der Waals surface area contributed by atoms with Crippen molar-refractivity contribution < 1.29 is 0 Å². The summed E-state index contributed by atoms with van der Waals surface area (Å²) in [6, 6.07) is 0. The second kappa shape index (κ2) is 1.92.